The van der Waals surface area contributed by atoms with Gasteiger partial charge in [-0.2, -0.15) is 0 Å². The molecule has 0 aliphatic heterocycles. The van der Waals surface area contributed by atoms with Crippen LogP contribution < -0.4 is 10.6 Å². The maximum absolute atomic E-state index is 11.4. The minimum absolute atomic E-state index is 0.128. The summed E-state index contributed by atoms with van der Waals surface area (Å²) in [6, 6.07) is 10.2. The van der Waals surface area contributed by atoms with E-state index in [-0.39, 0.29) is 11.5 Å². The number of aliphatic imine (C=N–C) groups is 1. The second-order valence-corrected chi connectivity index (χ2v) is 7.96. The number of thioether (sulfide) groups is 1. The van der Waals surface area contributed by atoms with Gasteiger partial charge in [0, 0.05) is 36.5 Å². The molecule has 0 saturated carbocycles. The van der Waals surface area contributed by atoms with Crippen LogP contribution >= 0.6 is 11.8 Å². The SMILES string of the molecule is CCS(=O)(=O)CCNC(=NC)NCCSc1ccccc1. The van der Waals surface area contributed by atoms with Crippen LogP contribution in [0.15, 0.2) is 40.2 Å². The van der Waals surface area contributed by atoms with Crippen molar-refractivity contribution < 1.29 is 8.42 Å². The first-order chi connectivity index (χ1) is 10.1. The fourth-order valence-corrected chi connectivity index (χ4v) is 3.04. The summed E-state index contributed by atoms with van der Waals surface area (Å²) in [6.07, 6.45) is 0. The van der Waals surface area contributed by atoms with Crippen molar-refractivity contribution in [2.24, 2.45) is 4.99 Å². The van der Waals surface area contributed by atoms with Gasteiger partial charge in [-0.25, -0.2) is 8.42 Å². The third-order valence-electron chi connectivity index (χ3n) is 2.78. The first-order valence-corrected chi connectivity index (χ1v) is 9.71. The van der Waals surface area contributed by atoms with E-state index in [9.17, 15) is 8.42 Å². The Balaban J connectivity index is 2.20. The van der Waals surface area contributed by atoms with E-state index in [4.69, 9.17) is 0 Å². The summed E-state index contributed by atoms with van der Waals surface area (Å²) in [5.41, 5.74) is 0. The molecule has 2 N–H and O–H groups in total. The van der Waals surface area contributed by atoms with Crippen LogP contribution in [0, 0.1) is 0 Å². The van der Waals surface area contributed by atoms with E-state index in [1.165, 1.54) is 4.90 Å². The molecule has 1 rings (SSSR count). The van der Waals surface area contributed by atoms with Gasteiger partial charge in [0.1, 0.15) is 0 Å². The van der Waals surface area contributed by atoms with Crippen molar-refractivity contribution in [3.05, 3.63) is 30.3 Å². The molecule has 1 aromatic carbocycles. The van der Waals surface area contributed by atoms with Gasteiger partial charge in [-0.1, -0.05) is 25.1 Å². The molecule has 0 radical (unpaired) electrons. The van der Waals surface area contributed by atoms with Crippen LogP contribution in [-0.2, 0) is 9.84 Å². The Morgan fingerprint density at radius 2 is 1.86 bits per heavy atom. The lowest BCUT2D eigenvalue weighted by Gasteiger charge is -2.11. The molecule has 7 heteroatoms. The van der Waals surface area contributed by atoms with Crippen molar-refractivity contribution in [3.8, 4) is 0 Å². The van der Waals surface area contributed by atoms with Crippen molar-refractivity contribution in [1.29, 1.82) is 0 Å². The maximum atomic E-state index is 11.4. The minimum Gasteiger partial charge on any atom is -0.356 e. The number of benzene rings is 1. The molecular weight excluding hydrogens is 306 g/mol. The molecule has 0 heterocycles. The van der Waals surface area contributed by atoms with Gasteiger partial charge in [0.05, 0.1) is 5.75 Å². The van der Waals surface area contributed by atoms with E-state index in [0.717, 1.165) is 12.3 Å². The van der Waals surface area contributed by atoms with Crippen molar-refractivity contribution in [3.63, 3.8) is 0 Å². The van der Waals surface area contributed by atoms with E-state index < -0.39 is 9.84 Å². The Morgan fingerprint density at radius 1 is 1.19 bits per heavy atom. The molecule has 0 fully saturated rings. The van der Waals surface area contributed by atoms with Gasteiger partial charge in [0.25, 0.3) is 0 Å². The predicted octanol–water partition coefficient (Wildman–Crippen LogP) is 1.38. The summed E-state index contributed by atoms with van der Waals surface area (Å²) in [7, 11) is -1.26. The molecule has 0 aliphatic carbocycles. The number of guanidine groups is 1. The topological polar surface area (TPSA) is 70.6 Å². The zero-order valence-corrected chi connectivity index (χ0v) is 14.1. The standard InChI is InChI=1S/C14H23N3O2S2/c1-3-21(18,19)12-10-17-14(15-2)16-9-11-20-13-7-5-4-6-8-13/h4-8H,3,9-12H2,1-2H3,(H2,15,16,17). The summed E-state index contributed by atoms with van der Waals surface area (Å²) in [4.78, 5) is 5.30. The molecule has 0 saturated heterocycles. The summed E-state index contributed by atoms with van der Waals surface area (Å²) >= 11 is 1.76. The third kappa shape index (κ3) is 7.96. The summed E-state index contributed by atoms with van der Waals surface area (Å²) in [6.45, 7) is 2.80. The summed E-state index contributed by atoms with van der Waals surface area (Å²) in [5, 5.41) is 6.18. The fraction of sp³-hybridized carbons (Fsp3) is 0.500. The predicted molar refractivity (Wildman–Crippen MR) is 90.9 cm³/mol. The monoisotopic (exact) mass is 329 g/mol. The maximum Gasteiger partial charge on any atom is 0.191 e. The molecule has 118 valence electrons. The van der Waals surface area contributed by atoms with Crippen LogP contribution in [0.25, 0.3) is 0 Å². The zero-order chi connectivity index (χ0) is 15.6. The lowest BCUT2D eigenvalue weighted by molar-refractivity contribution is 0.596. The normalized spacial score (nSPS) is 12.2. The highest BCUT2D eigenvalue weighted by atomic mass is 32.2. The van der Waals surface area contributed by atoms with Crippen molar-refractivity contribution in [2.45, 2.75) is 11.8 Å². The Hall–Kier alpha value is -1.21. The third-order valence-corrected chi connectivity index (χ3v) is 5.49. The number of nitrogens with one attached hydrogen (secondary N) is 2. The Morgan fingerprint density at radius 3 is 2.48 bits per heavy atom. The number of hydrogen-bond donors (Lipinski definition) is 2. The number of sulfone groups is 1. The molecule has 5 nitrogen and oxygen atoms in total. The van der Waals surface area contributed by atoms with Gasteiger partial charge >= 0.3 is 0 Å². The highest BCUT2D eigenvalue weighted by Crippen LogP contribution is 2.15. The smallest absolute Gasteiger partial charge is 0.191 e. The second-order valence-electron chi connectivity index (χ2n) is 4.32. The average molecular weight is 329 g/mol. The van der Waals surface area contributed by atoms with E-state index in [1.807, 2.05) is 18.2 Å². The highest BCUT2D eigenvalue weighted by Gasteiger charge is 2.07. The lowest BCUT2D eigenvalue weighted by atomic mass is 10.4. The molecule has 0 amide bonds. The van der Waals surface area contributed by atoms with Crippen molar-refractivity contribution in [1.82, 2.24) is 10.6 Å². The first kappa shape index (κ1) is 17.8. The number of hydrogen-bond acceptors (Lipinski definition) is 4. The second kappa shape index (κ2) is 9.68. The molecule has 0 aliphatic rings. The van der Waals surface area contributed by atoms with Crippen LogP contribution in [0.3, 0.4) is 0 Å². The molecule has 0 aromatic heterocycles. The molecule has 21 heavy (non-hydrogen) atoms. The van der Waals surface area contributed by atoms with E-state index in [2.05, 4.69) is 27.8 Å². The van der Waals surface area contributed by atoms with Gasteiger partial charge in [0.2, 0.25) is 0 Å². The average Bonchev–Trinajstić information content (AvgIpc) is 2.50. The Labute approximate surface area is 131 Å². The Bertz CT molecular complexity index is 530. The summed E-state index contributed by atoms with van der Waals surface area (Å²) in [5.74, 6) is 1.85. The van der Waals surface area contributed by atoms with Crippen LogP contribution in [0.2, 0.25) is 0 Å². The first-order valence-electron chi connectivity index (χ1n) is 6.90. The fourth-order valence-electron chi connectivity index (χ4n) is 1.54. The van der Waals surface area contributed by atoms with Gasteiger partial charge < -0.3 is 10.6 Å². The van der Waals surface area contributed by atoms with Crippen molar-refractivity contribution in [2.75, 3.05) is 37.4 Å². The number of rotatable bonds is 8. The largest absolute Gasteiger partial charge is 0.356 e. The van der Waals surface area contributed by atoms with Gasteiger partial charge in [0.15, 0.2) is 15.8 Å². The molecular formula is C14H23N3O2S2. The van der Waals surface area contributed by atoms with E-state index >= 15 is 0 Å². The molecule has 1 aromatic rings. The Kier molecular flexibility index (Phi) is 8.22. The molecule has 0 spiro atoms. The van der Waals surface area contributed by atoms with Gasteiger partial charge in [-0.05, 0) is 12.1 Å². The molecule has 0 atom stereocenters. The van der Waals surface area contributed by atoms with Gasteiger partial charge in [-0.15, -0.1) is 11.8 Å². The summed E-state index contributed by atoms with van der Waals surface area (Å²) < 4.78 is 22.8. The van der Waals surface area contributed by atoms with Crippen LogP contribution in [0.1, 0.15) is 6.92 Å². The zero-order valence-electron chi connectivity index (χ0n) is 12.5. The van der Waals surface area contributed by atoms with E-state index in [0.29, 0.717) is 12.5 Å². The molecule has 0 unspecified atom stereocenters. The van der Waals surface area contributed by atoms with E-state index in [1.54, 1.807) is 25.7 Å². The van der Waals surface area contributed by atoms with Crippen LogP contribution in [0.4, 0.5) is 0 Å². The van der Waals surface area contributed by atoms with Crippen LogP contribution in [0.5, 0.6) is 0 Å². The molecule has 0 bridgehead atoms. The highest BCUT2D eigenvalue weighted by molar-refractivity contribution is 7.99. The minimum atomic E-state index is -2.93. The van der Waals surface area contributed by atoms with Crippen molar-refractivity contribution >= 4 is 27.6 Å². The van der Waals surface area contributed by atoms with Crippen LogP contribution in [-0.4, -0.2) is 51.8 Å². The lowest BCUT2D eigenvalue weighted by Crippen LogP contribution is -2.40. The number of nitrogens with zero attached hydrogens (tertiary/aromatic N) is 1. The quantitative estimate of drug-likeness (QED) is 0.326. The van der Waals surface area contributed by atoms with Gasteiger partial charge in [-0.3, -0.25) is 4.99 Å².